The molecule has 0 unspecified atom stereocenters. The highest BCUT2D eigenvalue weighted by molar-refractivity contribution is 6.35. The fourth-order valence-electron chi connectivity index (χ4n) is 3.40. The molecule has 1 aliphatic rings. The van der Waals surface area contributed by atoms with Crippen molar-refractivity contribution in [3.63, 3.8) is 0 Å². The summed E-state index contributed by atoms with van der Waals surface area (Å²) in [7, 11) is 1.64. The van der Waals surface area contributed by atoms with Crippen molar-refractivity contribution in [2.24, 2.45) is 0 Å². The van der Waals surface area contributed by atoms with Gasteiger partial charge in [0, 0.05) is 47.5 Å². The van der Waals surface area contributed by atoms with E-state index in [4.69, 9.17) is 27.9 Å². The van der Waals surface area contributed by atoms with E-state index in [1.165, 1.54) is 0 Å². The number of hydrogen-bond acceptors (Lipinski definition) is 5. The number of ether oxygens (including phenoxy) is 1. The van der Waals surface area contributed by atoms with E-state index in [1.54, 1.807) is 30.2 Å². The number of urea groups is 1. The number of anilines is 2. The largest absolute Gasteiger partial charge is 0.497 e. The normalized spacial score (nSPS) is 13.8. The fourth-order valence-corrected chi connectivity index (χ4v) is 3.92. The highest BCUT2D eigenvalue weighted by Gasteiger charge is 2.22. The van der Waals surface area contributed by atoms with Crippen LogP contribution in [0.25, 0.3) is 11.3 Å². The van der Waals surface area contributed by atoms with E-state index < -0.39 is 0 Å². The van der Waals surface area contributed by atoms with Gasteiger partial charge in [0.25, 0.3) is 0 Å². The van der Waals surface area contributed by atoms with Crippen LogP contribution in [-0.2, 0) is 0 Å². The van der Waals surface area contributed by atoms with Gasteiger partial charge in [-0.25, -0.2) is 4.79 Å². The van der Waals surface area contributed by atoms with Crippen molar-refractivity contribution in [2.75, 3.05) is 43.5 Å². The van der Waals surface area contributed by atoms with Gasteiger partial charge >= 0.3 is 6.03 Å². The molecule has 3 aromatic rings. The summed E-state index contributed by atoms with van der Waals surface area (Å²) < 4.78 is 5.27. The van der Waals surface area contributed by atoms with E-state index in [0.717, 1.165) is 22.8 Å². The summed E-state index contributed by atoms with van der Waals surface area (Å²) in [6.45, 7) is 2.46. The molecule has 0 spiro atoms. The van der Waals surface area contributed by atoms with E-state index >= 15 is 0 Å². The van der Waals surface area contributed by atoms with Gasteiger partial charge in [0.2, 0.25) is 0 Å². The van der Waals surface area contributed by atoms with Crippen molar-refractivity contribution in [3.05, 3.63) is 64.6 Å². The van der Waals surface area contributed by atoms with Crippen LogP contribution in [0.5, 0.6) is 5.75 Å². The molecule has 0 aliphatic carbocycles. The molecule has 0 bridgehead atoms. The first-order valence-corrected chi connectivity index (χ1v) is 10.5. The van der Waals surface area contributed by atoms with Gasteiger partial charge in [-0.15, -0.1) is 10.2 Å². The smallest absolute Gasteiger partial charge is 0.321 e. The number of nitrogens with one attached hydrogen (secondary N) is 1. The zero-order valence-corrected chi connectivity index (χ0v) is 18.4. The van der Waals surface area contributed by atoms with Crippen LogP contribution < -0.4 is 15.0 Å². The standard InChI is InChI=1S/C22H21Cl2N5O2/c1-31-19-4-2-3-15(11-19)20-5-6-21(27-26-20)28-7-9-29(10-8-28)22(30)25-18-13-16(23)12-17(24)14-18/h2-6,11-14H,7-10H2,1H3,(H,25,30). The Hall–Kier alpha value is -3.03. The van der Waals surface area contributed by atoms with Crippen molar-refractivity contribution in [1.29, 1.82) is 0 Å². The number of halogens is 2. The molecule has 0 radical (unpaired) electrons. The predicted octanol–water partition coefficient (Wildman–Crippen LogP) is 4.81. The molecule has 9 heteroatoms. The number of amides is 2. The molecule has 1 fully saturated rings. The minimum absolute atomic E-state index is 0.183. The van der Waals surface area contributed by atoms with Crippen molar-refractivity contribution >= 4 is 40.7 Å². The predicted molar refractivity (Wildman–Crippen MR) is 123 cm³/mol. The number of carbonyl (C=O) groups excluding carboxylic acids is 1. The number of nitrogens with zero attached hydrogens (tertiary/aromatic N) is 4. The van der Waals surface area contributed by atoms with Gasteiger partial charge in [-0.1, -0.05) is 35.3 Å². The van der Waals surface area contributed by atoms with Crippen LogP contribution in [0.1, 0.15) is 0 Å². The Balaban J connectivity index is 1.35. The zero-order valence-electron chi connectivity index (χ0n) is 16.9. The Morgan fingerprint density at radius 3 is 2.35 bits per heavy atom. The number of benzene rings is 2. The molecule has 31 heavy (non-hydrogen) atoms. The second-order valence-electron chi connectivity index (χ2n) is 7.07. The molecular formula is C22H21Cl2N5O2. The Morgan fingerprint density at radius 2 is 1.71 bits per heavy atom. The van der Waals surface area contributed by atoms with Crippen LogP contribution >= 0.6 is 23.2 Å². The lowest BCUT2D eigenvalue weighted by Crippen LogP contribution is -2.50. The second kappa shape index (κ2) is 9.41. The number of piperazine rings is 1. The van der Waals surface area contributed by atoms with Gasteiger partial charge in [0.15, 0.2) is 5.82 Å². The van der Waals surface area contributed by atoms with E-state index in [1.807, 2.05) is 36.4 Å². The summed E-state index contributed by atoms with van der Waals surface area (Å²) in [4.78, 5) is 16.4. The first-order chi connectivity index (χ1) is 15.0. The fraction of sp³-hybridized carbons (Fsp3) is 0.227. The van der Waals surface area contributed by atoms with Crippen molar-refractivity contribution in [3.8, 4) is 17.0 Å². The van der Waals surface area contributed by atoms with E-state index in [2.05, 4.69) is 20.4 Å². The monoisotopic (exact) mass is 457 g/mol. The van der Waals surface area contributed by atoms with Crippen molar-refractivity contribution in [2.45, 2.75) is 0 Å². The third-order valence-electron chi connectivity index (χ3n) is 5.02. The highest BCUT2D eigenvalue weighted by atomic mass is 35.5. The maximum Gasteiger partial charge on any atom is 0.321 e. The Kier molecular flexibility index (Phi) is 6.44. The second-order valence-corrected chi connectivity index (χ2v) is 7.94. The highest BCUT2D eigenvalue weighted by Crippen LogP contribution is 2.24. The Bertz CT molecular complexity index is 1050. The summed E-state index contributed by atoms with van der Waals surface area (Å²) in [5.41, 5.74) is 2.30. The quantitative estimate of drug-likeness (QED) is 0.608. The molecule has 0 atom stereocenters. The van der Waals surface area contributed by atoms with Gasteiger partial charge in [-0.3, -0.25) is 0 Å². The number of aromatic nitrogens is 2. The molecule has 1 aromatic heterocycles. The number of carbonyl (C=O) groups is 1. The van der Waals surface area contributed by atoms with Crippen LogP contribution in [0.4, 0.5) is 16.3 Å². The molecule has 1 aliphatic heterocycles. The van der Waals surface area contributed by atoms with Crippen molar-refractivity contribution in [1.82, 2.24) is 15.1 Å². The van der Waals surface area contributed by atoms with Gasteiger partial charge < -0.3 is 19.9 Å². The van der Waals surface area contributed by atoms with Crippen LogP contribution in [0.15, 0.2) is 54.6 Å². The molecule has 0 saturated carbocycles. The van der Waals surface area contributed by atoms with E-state index in [9.17, 15) is 4.79 Å². The van der Waals surface area contributed by atoms with Crippen LogP contribution in [0.3, 0.4) is 0 Å². The first kappa shape index (κ1) is 21.2. The molecule has 1 saturated heterocycles. The summed E-state index contributed by atoms with van der Waals surface area (Å²) in [6.07, 6.45) is 0. The minimum atomic E-state index is -0.183. The summed E-state index contributed by atoms with van der Waals surface area (Å²) in [5.74, 6) is 1.56. The summed E-state index contributed by atoms with van der Waals surface area (Å²) >= 11 is 12.0. The zero-order chi connectivity index (χ0) is 21.8. The minimum Gasteiger partial charge on any atom is -0.497 e. The summed E-state index contributed by atoms with van der Waals surface area (Å²) in [5, 5.41) is 12.5. The summed E-state index contributed by atoms with van der Waals surface area (Å²) in [6, 6.07) is 16.4. The van der Waals surface area contributed by atoms with Crippen LogP contribution in [-0.4, -0.2) is 54.4 Å². The molecule has 7 nitrogen and oxygen atoms in total. The van der Waals surface area contributed by atoms with Crippen LogP contribution in [0, 0.1) is 0 Å². The number of rotatable bonds is 4. The topological polar surface area (TPSA) is 70.6 Å². The molecule has 2 heterocycles. The van der Waals surface area contributed by atoms with Gasteiger partial charge in [-0.05, 0) is 42.5 Å². The van der Waals surface area contributed by atoms with E-state index in [0.29, 0.717) is 41.9 Å². The third-order valence-corrected chi connectivity index (χ3v) is 5.46. The average molecular weight is 458 g/mol. The van der Waals surface area contributed by atoms with Crippen LogP contribution in [0.2, 0.25) is 10.0 Å². The number of methoxy groups -OCH3 is 1. The maximum atomic E-state index is 12.6. The first-order valence-electron chi connectivity index (χ1n) is 9.77. The van der Waals surface area contributed by atoms with E-state index in [-0.39, 0.29) is 6.03 Å². The maximum absolute atomic E-state index is 12.6. The lowest BCUT2D eigenvalue weighted by molar-refractivity contribution is 0.208. The molecule has 2 aromatic carbocycles. The Labute approximate surface area is 190 Å². The lowest BCUT2D eigenvalue weighted by atomic mass is 10.1. The van der Waals surface area contributed by atoms with Gasteiger partial charge in [0.05, 0.1) is 12.8 Å². The SMILES string of the molecule is COc1cccc(-c2ccc(N3CCN(C(=O)Nc4cc(Cl)cc(Cl)c4)CC3)nn2)c1. The molecule has 160 valence electrons. The van der Waals surface area contributed by atoms with Crippen molar-refractivity contribution < 1.29 is 9.53 Å². The molecule has 1 N–H and O–H groups in total. The third kappa shape index (κ3) is 5.18. The average Bonchev–Trinajstić information content (AvgIpc) is 2.78. The van der Waals surface area contributed by atoms with Gasteiger partial charge in [-0.2, -0.15) is 0 Å². The number of hydrogen-bond donors (Lipinski definition) is 1. The van der Waals surface area contributed by atoms with Gasteiger partial charge in [0.1, 0.15) is 5.75 Å². The Morgan fingerprint density at radius 1 is 0.968 bits per heavy atom. The lowest BCUT2D eigenvalue weighted by Gasteiger charge is -2.35. The molecule has 2 amide bonds. The molecular weight excluding hydrogens is 437 g/mol. The molecule has 4 rings (SSSR count).